The Bertz CT molecular complexity index is 766. The third kappa shape index (κ3) is 2.87. The monoisotopic (exact) mass is 325 g/mol. The predicted molar refractivity (Wildman–Crippen MR) is 82.8 cm³/mol. The van der Waals surface area contributed by atoms with E-state index < -0.39 is 4.92 Å². The average Bonchev–Trinajstić information content (AvgIpc) is 2.96. The van der Waals surface area contributed by atoms with Crippen LogP contribution in [0, 0.1) is 10.1 Å². The molecule has 2 heterocycles. The minimum Gasteiger partial charge on any atom is -0.322 e. The van der Waals surface area contributed by atoms with Gasteiger partial charge in [-0.2, -0.15) is 5.10 Å². The van der Waals surface area contributed by atoms with Crippen molar-refractivity contribution in [1.29, 1.82) is 0 Å². The fourth-order valence-electron chi connectivity index (χ4n) is 1.82. The topological polar surface area (TPSA) is 99.3 Å². The number of hydrogen-bond acceptors (Lipinski definition) is 6. The molecule has 0 saturated carbocycles. The molecule has 1 atom stereocenters. The van der Waals surface area contributed by atoms with Crippen molar-refractivity contribution in [2.24, 2.45) is 5.73 Å². The summed E-state index contributed by atoms with van der Waals surface area (Å²) in [6, 6.07) is 6.24. The highest BCUT2D eigenvalue weighted by molar-refractivity contribution is 7.16. The summed E-state index contributed by atoms with van der Waals surface area (Å²) >= 11 is 1.41. The van der Waals surface area contributed by atoms with Crippen LogP contribution in [0.2, 0.25) is 0 Å². The van der Waals surface area contributed by atoms with Crippen LogP contribution in [0.3, 0.4) is 0 Å². The lowest BCUT2D eigenvalue weighted by Crippen LogP contribution is -2.04. The van der Waals surface area contributed by atoms with Crippen LogP contribution in [0.4, 0.5) is 5.69 Å². The van der Waals surface area contributed by atoms with E-state index >= 15 is 0 Å². The first-order chi connectivity index (χ1) is 9.54. The third-order valence-electron chi connectivity index (χ3n) is 2.80. The van der Waals surface area contributed by atoms with Crippen LogP contribution in [-0.4, -0.2) is 19.5 Å². The lowest BCUT2D eigenvalue weighted by atomic mass is 10.1. The summed E-state index contributed by atoms with van der Waals surface area (Å²) in [4.78, 5) is 15.5. The average molecular weight is 326 g/mol. The van der Waals surface area contributed by atoms with Gasteiger partial charge < -0.3 is 5.73 Å². The fraction of sp³-hybridized carbons (Fsp3) is 0.167. The number of nitrogens with two attached hydrogens (primary N) is 1. The lowest BCUT2D eigenvalue weighted by Gasteiger charge is -1.97. The Hall–Kier alpha value is -2.03. The molecule has 9 heteroatoms. The fourth-order valence-corrected chi connectivity index (χ4v) is 2.65. The molecule has 7 nitrogen and oxygen atoms in total. The summed E-state index contributed by atoms with van der Waals surface area (Å²) in [6.07, 6.45) is 1.75. The van der Waals surface area contributed by atoms with Crippen molar-refractivity contribution in [3.05, 3.63) is 45.6 Å². The van der Waals surface area contributed by atoms with Gasteiger partial charge in [0.25, 0.3) is 5.69 Å². The molecule has 3 rings (SSSR count). The van der Waals surface area contributed by atoms with Gasteiger partial charge in [-0.3, -0.25) is 10.1 Å². The Morgan fingerprint density at radius 3 is 2.86 bits per heavy atom. The maximum Gasteiger partial charge on any atom is 0.270 e. The molecule has 0 bridgehead atoms. The van der Waals surface area contributed by atoms with Gasteiger partial charge in [-0.1, -0.05) is 23.5 Å². The number of rotatable bonds is 3. The quantitative estimate of drug-likeness (QED) is 0.589. The zero-order valence-corrected chi connectivity index (χ0v) is 12.6. The first-order valence-corrected chi connectivity index (χ1v) is 6.73. The minimum absolute atomic E-state index is 0. The molecule has 3 aromatic rings. The number of benzene rings is 1. The van der Waals surface area contributed by atoms with Gasteiger partial charge in [0, 0.05) is 17.7 Å². The van der Waals surface area contributed by atoms with E-state index in [1.54, 1.807) is 22.8 Å². The van der Waals surface area contributed by atoms with Crippen LogP contribution in [0.25, 0.3) is 16.2 Å². The van der Waals surface area contributed by atoms with Crippen molar-refractivity contribution in [2.45, 2.75) is 13.0 Å². The van der Waals surface area contributed by atoms with E-state index in [0.717, 1.165) is 9.97 Å². The van der Waals surface area contributed by atoms with E-state index in [1.165, 1.54) is 23.5 Å². The van der Waals surface area contributed by atoms with Crippen LogP contribution in [-0.2, 0) is 0 Å². The maximum absolute atomic E-state index is 10.8. The van der Waals surface area contributed by atoms with Gasteiger partial charge in [0.05, 0.1) is 22.9 Å². The number of fused-ring (bicyclic) bond motifs is 1. The smallest absolute Gasteiger partial charge is 0.270 e. The molecule has 0 spiro atoms. The molecular weight excluding hydrogens is 314 g/mol. The molecule has 2 N–H and O–H groups in total. The second kappa shape index (κ2) is 5.76. The molecule has 1 aromatic carbocycles. The number of aromatic nitrogens is 3. The molecular formula is C12H12ClN5O2S. The van der Waals surface area contributed by atoms with E-state index in [2.05, 4.69) is 10.1 Å². The first kappa shape index (κ1) is 15.4. The molecule has 1 unspecified atom stereocenters. The van der Waals surface area contributed by atoms with Gasteiger partial charge in [-0.15, -0.1) is 12.4 Å². The molecule has 110 valence electrons. The maximum atomic E-state index is 10.8. The molecule has 0 radical (unpaired) electrons. The Morgan fingerprint density at radius 1 is 1.48 bits per heavy atom. The van der Waals surface area contributed by atoms with Crippen molar-refractivity contribution < 1.29 is 4.92 Å². The van der Waals surface area contributed by atoms with E-state index in [9.17, 15) is 10.1 Å². The second-order valence-electron chi connectivity index (χ2n) is 4.39. The summed E-state index contributed by atoms with van der Waals surface area (Å²) < 4.78 is 1.65. The molecule has 0 amide bonds. The van der Waals surface area contributed by atoms with Crippen LogP contribution >= 0.6 is 23.7 Å². The Morgan fingerprint density at radius 2 is 2.24 bits per heavy atom. The SMILES string of the molecule is CC(N)c1nn2cc(-c3cccc([N+](=O)[O-])c3)nc2s1.Cl. The Labute approximate surface area is 130 Å². The largest absolute Gasteiger partial charge is 0.322 e. The van der Waals surface area contributed by atoms with Crippen LogP contribution in [0.5, 0.6) is 0 Å². The Kier molecular flexibility index (Phi) is 4.21. The number of nitro benzene ring substituents is 1. The summed E-state index contributed by atoms with van der Waals surface area (Å²) in [5, 5.41) is 15.9. The van der Waals surface area contributed by atoms with Crippen LogP contribution < -0.4 is 5.73 Å². The first-order valence-electron chi connectivity index (χ1n) is 5.91. The summed E-state index contributed by atoms with van der Waals surface area (Å²) in [5.41, 5.74) is 7.17. The normalized spacial score (nSPS) is 12.1. The molecule has 21 heavy (non-hydrogen) atoms. The highest BCUT2D eigenvalue weighted by atomic mass is 35.5. The van der Waals surface area contributed by atoms with E-state index in [4.69, 9.17) is 5.73 Å². The number of nitro groups is 1. The third-order valence-corrected chi connectivity index (χ3v) is 3.92. The van der Waals surface area contributed by atoms with Crippen molar-refractivity contribution in [2.75, 3.05) is 0 Å². The molecule has 0 aliphatic heterocycles. The number of hydrogen-bond donors (Lipinski definition) is 1. The zero-order valence-electron chi connectivity index (χ0n) is 11.0. The van der Waals surface area contributed by atoms with Gasteiger partial charge in [0.15, 0.2) is 0 Å². The van der Waals surface area contributed by atoms with E-state index in [1.807, 2.05) is 6.92 Å². The van der Waals surface area contributed by atoms with E-state index in [-0.39, 0.29) is 24.1 Å². The number of halogens is 1. The van der Waals surface area contributed by atoms with Crippen molar-refractivity contribution in [3.63, 3.8) is 0 Å². The zero-order chi connectivity index (χ0) is 14.3. The van der Waals surface area contributed by atoms with Gasteiger partial charge >= 0.3 is 0 Å². The van der Waals surface area contributed by atoms with Crippen LogP contribution in [0.1, 0.15) is 18.0 Å². The van der Waals surface area contributed by atoms with Gasteiger partial charge in [-0.05, 0) is 6.92 Å². The molecule has 0 saturated heterocycles. The standard InChI is InChI=1S/C12H11N5O2S.ClH/c1-7(13)11-15-16-6-10(14-12(16)20-11)8-3-2-4-9(5-8)17(18)19;/h2-7H,13H2,1H3;1H. The molecule has 0 aliphatic carbocycles. The van der Waals surface area contributed by atoms with Crippen molar-refractivity contribution in [1.82, 2.24) is 14.6 Å². The molecule has 0 aliphatic rings. The number of imidazole rings is 1. The summed E-state index contributed by atoms with van der Waals surface area (Å²) in [6.45, 7) is 1.86. The van der Waals surface area contributed by atoms with Gasteiger partial charge in [0.1, 0.15) is 5.01 Å². The van der Waals surface area contributed by atoms with Crippen LogP contribution in [0.15, 0.2) is 30.5 Å². The lowest BCUT2D eigenvalue weighted by molar-refractivity contribution is -0.384. The van der Waals surface area contributed by atoms with Gasteiger partial charge in [0.2, 0.25) is 4.96 Å². The highest BCUT2D eigenvalue weighted by Crippen LogP contribution is 2.26. The van der Waals surface area contributed by atoms with Gasteiger partial charge in [-0.25, -0.2) is 9.50 Å². The van der Waals surface area contributed by atoms with Crippen molar-refractivity contribution >= 4 is 34.4 Å². The molecule has 2 aromatic heterocycles. The van der Waals surface area contributed by atoms with E-state index in [0.29, 0.717) is 11.3 Å². The summed E-state index contributed by atoms with van der Waals surface area (Å²) in [7, 11) is 0. The number of non-ortho nitro benzene ring substituents is 1. The minimum atomic E-state index is -0.422. The second-order valence-corrected chi connectivity index (χ2v) is 5.38. The Balaban J connectivity index is 0.00000161. The molecule has 0 fully saturated rings. The highest BCUT2D eigenvalue weighted by Gasteiger charge is 2.13. The number of nitrogens with zero attached hydrogens (tertiary/aromatic N) is 4. The van der Waals surface area contributed by atoms with Crippen molar-refractivity contribution in [3.8, 4) is 11.3 Å². The predicted octanol–water partition coefficient (Wildman–Crippen LogP) is 2.81. The summed E-state index contributed by atoms with van der Waals surface area (Å²) in [5.74, 6) is 0.